The molecule has 4 heterocycles. The molecule has 6 rings (SSSR count). The van der Waals surface area contributed by atoms with Gasteiger partial charge in [0.25, 0.3) is 11.5 Å². The number of pyridine rings is 2. The van der Waals surface area contributed by atoms with Crippen LogP contribution >= 0.6 is 0 Å². The van der Waals surface area contributed by atoms with Crippen molar-refractivity contribution in [3.05, 3.63) is 87.3 Å². The van der Waals surface area contributed by atoms with Crippen LogP contribution in [0.15, 0.2) is 59.5 Å². The zero-order chi connectivity index (χ0) is 25.5. The highest BCUT2D eigenvalue weighted by Gasteiger charge is 2.28. The highest BCUT2D eigenvalue weighted by molar-refractivity contribution is 5.97. The lowest BCUT2D eigenvalue weighted by atomic mass is 9.90. The fourth-order valence-electron chi connectivity index (χ4n) is 6.20. The molecule has 0 atom stereocenters. The maximum Gasteiger partial charge on any atom is 0.267 e. The van der Waals surface area contributed by atoms with Crippen LogP contribution < -0.4 is 11.0 Å². The highest BCUT2D eigenvalue weighted by atomic mass is 16.2. The topological polar surface area (TPSA) is 83.5 Å². The number of carbonyl (C=O) groups is 1. The van der Waals surface area contributed by atoms with Crippen LogP contribution in [0.5, 0.6) is 0 Å². The van der Waals surface area contributed by atoms with Gasteiger partial charge in [-0.1, -0.05) is 49.2 Å². The second-order valence-electron chi connectivity index (χ2n) is 10.7. The van der Waals surface area contributed by atoms with Crippen LogP contribution in [0.1, 0.15) is 66.1 Å². The highest BCUT2D eigenvalue weighted by Crippen LogP contribution is 2.31. The molecule has 0 radical (unpaired) electrons. The number of nitrogens with one attached hydrogen (secondary N) is 1. The Balaban J connectivity index is 1.38. The Morgan fingerprint density at radius 1 is 1.00 bits per heavy atom. The van der Waals surface area contributed by atoms with Gasteiger partial charge in [0.2, 0.25) is 0 Å². The van der Waals surface area contributed by atoms with Gasteiger partial charge >= 0.3 is 0 Å². The number of carbonyl (C=O) groups excluding carboxylic acids is 1. The lowest BCUT2D eigenvalue weighted by Crippen LogP contribution is -2.42. The third kappa shape index (κ3) is 4.26. The van der Waals surface area contributed by atoms with E-state index in [2.05, 4.69) is 24.3 Å². The molecule has 4 aromatic rings. The Morgan fingerprint density at radius 2 is 1.73 bits per heavy atom. The minimum absolute atomic E-state index is 0.0812. The van der Waals surface area contributed by atoms with Crippen LogP contribution in [0.25, 0.3) is 16.7 Å². The van der Waals surface area contributed by atoms with Gasteiger partial charge < -0.3 is 9.47 Å². The van der Waals surface area contributed by atoms with Crippen LogP contribution in [0.3, 0.4) is 0 Å². The van der Waals surface area contributed by atoms with E-state index >= 15 is 0 Å². The van der Waals surface area contributed by atoms with Crippen LogP contribution in [0.2, 0.25) is 0 Å². The van der Waals surface area contributed by atoms with Gasteiger partial charge in [-0.2, -0.15) is 0 Å². The van der Waals surface area contributed by atoms with Crippen molar-refractivity contribution in [1.29, 1.82) is 5.41 Å². The van der Waals surface area contributed by atoms with E-state index in [1.807, 2.05) is 34.6 Å². The van der Waals surface area contributed by atoms with E-state index in [0.717, 1.165) is 50.5 Å². The Hall–Kier alpha value is -3.74. The van der Waals surface area contributed by atoms with Crippen molar-refractivity contribution < 1.29 is 4.79 Å². The van der Waals surface area contributed by atoms with Crippen molar-refractivity contribution in [2.24, 2.45) is 5.92 Å². The van der Waals surface area contributed by atoms with Crippen LogP contribution in [0.4, 0.5) is 0 Å². The number of amides is 1. The smallest absolute Gasteiger partial charge is 0.267 e. The van der Waals surface area contributed by atoms with E-state index < -0.39 is 0 Å². The summed E-state index contributed by atoms with van der Waals surface area (Å²) in [4.78, 5) is 34.2. The summed E-state index contributed by atoms with van der Waals surface area (Å²) < 4.78 is 3.44. The van der Waals surface area contributed by atoms with Crippen LogP contribution in [-0.4, -0.2) is 37.8 Å². The summed E-state index contributed by atoms with van der Waals surface area (Å²) in [6.07, 6.45) is 8.67. The van der Waals surface area contributed by atoms with Gasteiger partial charge in [-0.25, -0.2) is 4.98 Å². The summed E-state index contributed by atoms with van der Waals surface area (Å²) in [5, 5.41) is 9.54. The summed E-state index contributed by atoms with van der Waals surface area (Å²) in [6, 6.07) is 16.0. The molecule has 3 aromatic heterocycles. The van der Waals surface area contributed by atoms with Crippen molar-refractivity contribution >= 4 is 22.6 Å². The molecular formula is C30H33N5O2. The first-order valence-electron chi connectivity index (χ1n) is 13.5. The first kappa shape index (κ1) is 23.6. The van der Waals surface area contributed by atoms with Crippen molar-refractivity contribution in [2.45, 2.75) is 57.9 Å². The monoisotopic (exact) mass is 495 g/mol. The molecule has 1 aliphatic heterocycles. The average Bonchev–Trinajstić information content (AvgIpc) is 3.44. The first-order chi connectivity index (χ1) is 18.0. The zero-order valence-electron chi connectivity index (χ0n) is 21.3. The standard InChI is InChI=1S/C30H33N5O2/c1-20-8-7-15-34-27(20)32-28-25(30(34)37)19-24(26(31)35(28)23-11-5-6-12-23)29(36)33-16-13-22(14-17-33)18-21-9-3-2-4-10-21/h2-4,7-10,15,19,22-23,31H,5-6,11-14,16-18H2,1H3. The maximum atomic E-state index is 13.8. The number of piperidine rings is 1. The average molecular weight is 496 g/mol. The number of hydrogen-bond donors (Lipinski definition) is 1. The number of nitrogens with zero attached hydrogens (tertiary/aromatic N) is 4. The summed E-state index contributed by atoms with van der Waals surface area (Å²) >= 11 is 0. The molecule has 37 heavy (non-hydrogen) atoms. The van der Waals surface area contributed by atoms with Crippen molar-refractivity contribution in [1.82, 2.24) is 18.9 Å². The van der Waals surface area contributed by atoms with E-state index in [1.54, 1.807) is 16.7 Å². The predicted octanol–water partition coefficient (Wildman–Crippen LogP) is 4.65. The second-order valence-corrected chi connectivity index (χ2v) is 10.7. The number of likely N-dealkylation sites (tertiary alicyclic amines) is 1. The second kappa shape index (κ2) is 9.61. The van der Waals surface area contributed by atoms with Crippen molar-refractivity contribution in [2.75, 3.05) is 13.1 Å². The molecule has 1 saturated carbocycles. The molecule has 1 amide bonds. The molecule has 0 bridgehead atoms. The first-order valence-corrected chi connectivity index (χ1v) is 13.5. The number of aromatic nitrogens is 3. The lowest BCUT2D eigenvalue weighted by molar-refractivity contribution is 0.0687. The number of hydrogen-bond acceptors (Lipinski definition) is 4. The van der Waals surface area contributed by atoms with Gasteiger partial charge in [0.05, 0.1) is 10.9 Å². The number of benzene rings is 1. The SMILES string of the molecule is Cc1cccn2c(=O)c3cc(C(=O)N4CCC(Cc5ccccc5)CC4)c(=N)n(C4CCCC4)c3nc12. The molecule has 1 saturated heterocycles. The van der Waals surface area contributed by atoms with Gasteiger partial charge in [-0.15, -0.1) is 0 Å². The fourth-order valence-corrected chi connectivity index (χ4v) is 6.20. The Bertz CT molecular complexity index is 1590. The predicted molar refractivity (Wildman–Crippen MR) is 144 cm³/mol. The molecule has 1 N–H and O–H groups in total. The van der Waals surface area contributed by atoms with Crippen molar-refractivity contribution in [3.8, 4) is 0 Å². The number of aryl methyl sites for hydroxylation is 1. The molecule has 0 spiro atoms. The minimum Gasteiger partial charge on any atom is -0.339 e. The zero-order valence-corrected chi connectivity index (χ0v) is 21.3. The molecule has 7 nitrogen and oxygen atoms in total. The molecule has 2 aliphatic rings. The fraction of sp³-hybridized carbons (Fsp3) is 0.400. The van der Waals surface area contributed by atoms with Crippen LogP contribution in [-0.2, 0) is 6.42 Å². The van der Waals surface area contributed by atoms with Gasteiger partial charge in [-0.3, -0.25) is 19.4 Å². The largest absolute Gasteiger partial charge is 0.339 e. The minimum atomic E-state index is -0.189. The number of fused-ring (bicyclic) bond motifs is 2. The summed E-state index contributed by atoms with van der Waals surface area (Å²) in [6.45, 7) is 3.28. The van der Waals surface area contributed by atoms with Gasteiger partial charge in [0.15, 0.2) is 0 Å². The molecule has 1 aromatic carbocycles. The lowest BCUT2D eigenvalue weighted by Gasteiger charge is -2.32. The Morgan fingerprint density at radius 3 is 2.46 bits per heavy atom. The summed E-state index contributed by atoms with van der Waals surface area (Å²) in [7, 11) is 0. The maximum absolute atomic E-state index is 13.8. The van der Waals surface area contributed by atoms with E-state index in [9.17, 15) is 9.59 Å². The molecule has 2 fully saturated rings. The molecule has 7 heteroatoms. The third-order valence-corrected chi connectivity index (χ3v) is 8.27. The van der Waals surface area contributed by atoms with E-state index in [4.69, 9.17) is 10.4 Å². The van der Waals surface area contributed by atoms with Gasteiger partial charge in [0, 0.05) is 25.3 Å². The molecular weight excluding hydrogens is 462 g/mol. The third-order valence-electron chi connectivity index (χ3n) is 8.27. The normalized spacial score (nSPS) is 17.2. The van der Waals surface area contributed by atoms with Gasteiger partial charge in [-0.05, 0) is 68.2 Å². The van der Waals surface area contributed by atoms with E-state index in [1.165, 1.54) is 5.56 Å². The Kier molecular flexibility index (Phi) is 6.14. The Labute approximate surface area is 215 Å². The number of rotatable bonds is 4. The quantitative estimate of drug-likeness (QED) is 0.419. The molecule has 1 aliphatic carbocycles. The molecule has 0 unspecified atom stereocenters. The molecule has 190 valence electrons. The van der Waals surface area contributed by atoms with E-state index in [-0.39, 0.29) is 23.0 Å². The van der Waals surface area contributed by atoms with Crippen molar-refractivity contribution in [3.63, 3.8) is 0 Å². The summed E-state index contributed by atoms with van der Waals surface area (Å²) in [5.41, 5.74) is 3.67. The van der Waals surface area contributed by atoms with E-state index in [0.29, 0.717) is 41.3 Å². The van der Waals surface area contributed by atoms with Gasteiger partial charge in [0.1, 0.15) is 16.8 Å². The van der Waals surface area contributed by atoms with Crippen LogP contribution in [0, 0.1) is 18.3 Å². The summed E-state index contributed by atoms with van der Waals surface area (Å²) in [5.74, 6) is 0.399.